The van der Waals surface area contributed by atoms with Gasteiger partial charge in [0.2, 0.25) is 0 Å². The molecule has 0 fully saturated rings. The molecular formula is C21H24N4O3. The summed E-state index contributed by atoms with van der Waals surface area (Å²) in [4.78, 5) is 33.8. The molecule has 3 aromatic heterocycles. The van der Waals surface area contributed by atoms with Crippen molar-refractivity contribution < 1.29 is 14.7 Å². The van der Waals surface area contributed by atoms with E-state index >= 15 is 0 Å². The van der Waals surface area contributed by atoms with Gasteiger partial charge in [0.1, 0.15) is 5.65 Å². The van der Waals surface area contributed by atoms with Crippen LogP contribution in [0.1, 0.15) is 55.7 Å². The van der Waals surface area contributed by atoms with Crippen LogP contribution >= 0.6 is 0 Å². The maximum Gasteiger partial charge on any atom is 0.184 e. The molecule has 146 valence electrons. The fraction of sp³-hybridized carbons (Fsp3) is 0.286. The van der Waals surface area contributed by atoms with Crippen molar-refractivity contribution in [2.75, 3.05) is 5.32 Å². The summed E-state index contributed by atoms with van der Waals surface area (Å²) in [7, 11) is 0. The monoisotopic (exact) mass is 380 g/mol. The first-order valence-electron chi connectivity index (χ1n) is 8.98. The number of hydrogen-bond donors (Lipinski definition) is 4. The van der Waals surface area contributed by atoms with E-state index in [1.54, 1.807) is 30.6 Å². The fourth-order valence-corrected chi connectivity index (χ4v) is 2.75. The molecule has 0 amide bonds. The molecule has 0 spiro atoms. The molecule has 0 bridgehead atoms. The second-order valence-corrected chi connectivity index (χ2v) is 7.80. The third-order valence-corrected chi connectivity index (χ3v) is 4.23. The summed E-state index contributed by atoms with van der Waals surface area (Å²) >= 11 is 0. The topological polar surface area (TPSA) is 111 Å². The van der Waals surface area contributed by atoms with Gasteiger partial charge in [0.15, 0.2) is 17.8 Å². The van der Waals surface area contributed by atoms with E-state index in [0.717, 1.165) is 10.9 Å². The molecule has 0 aliphatic rings. The van der Waals surface area contributed by atoms with Gasteiger partial charge in [-0.1, -0.05) is 20.8 Å². The zero-order valence-electron chi connectivity index (χ0n) is 16.3. The van der Waals surface area contributed by atoms with Gasteiger partial charge in [0.25, 0.3) is 0 Å². The summed E-state index contributed by atoms with van der Waals surface area (Å²) in [6, 6.07) is 5.34. The highest BCUT2D eigenvalue weighted by atomic mass is 16.3. The van der Waals surface area contributed by atoms with Gasteiger partial charge in [-0.2, -0.15) is 0 Å². The Balaban J connectivity index is 1.77. The number of fused-ring (bicyclic) bond motifs is 1. The fourth-order valence-electron chi connectivity index (χ4n) is 2.75. The van der Waals surface area contributed by atoms with Crippen LogP contribution in [0.2, 0.25) is 0 Å². The first-order valence-corrected chi connectivity index (χ1v) is 8.98. The Labute approximate surface area is 162 Å². The summed E-state index contributed by atoms with van der Waals surface area (Å²) in [6.07, 6.45) is 5.46. The second kappa shape index (κ2) is 7.44. The lowest BCUT2D eigenvalue weighted by atomic mass is 9.89. The van der Waals surface area contributed by atoms with Gasteiger partial charge in [0, 0.05) is 17.0 Å². The lowest BCUT2D eigenvalue weighted by Crippen LogP contribution is -2.20. The van der Waals surface area contributed by atoms with Crippen LogP contribution in [0.25, 0.3) is 17.1 Å². The number of carbonyl (C=O) groups is 2. The third-order valence-electron chi connectivity index (χ3n) is 4.23. The van der Waals surface area contributed by atoms with Crippen molar-refractivity contribution in [3.05, 3.63) is 53.6 Å². The highest BCUT2D eigenvalue weighted by Crippen LogP contribution is 2.25. The molecule has 1 unspecified atom stereocenters. The zero-order chi connectivity index (χ0) is 20.5. The van der Waals surface area contributed by atoms with E-state index in [1.165, 1.54) is 13.0 Å². The minimum Gasteiger partial charge on any atom is -0.368 e. The minimum atomic E-state index is -0.978. The first kappa shape index (κ1) is 19.6. The lowest BCUT2D eigenvalue weighted by molar-refractivity contribution is -0.112. The molecule has 7 nitrogen and oxygen atoms in total. The number of aromatic amines is 2. The summed E-state index contributed by atoms with van der Waals surface area (Å²) < 4.78 is 0. The average Bonchev–Trinajstić information content (AvgIpc) is 3.24. The Bertz CT molecular complexity index is 1050. The molecule has 0 saturated carbocycles. The summed E-state index contributed by atoms with van der Waals surface area (Å²) in [5.41, 5.74) is 2.60. The molecule has 3 aromatic rings. The van der Waals surface area contributed by atoms with Gasteiger partial charge in [-0.15, -0.1) is 0 Å². The van der Waals surface area contributed by atoms with Crippen LogP contribution in [0.5, 0.6) is 0 Å². The SMILES string of the molecule is CC(=O)/C=C/c1c[nH]c(C(O)Nc2cnc3[nH]c(C(=O)C(C)(C)C)cc3c2)c1. The van der Waals surface area contributed by atoms with Crippen molar-refractivity contribution in [2.24, 2.45) is 5.41 Å². The Morgan fingerprint density at radius 1 is 1.25 bits per heavy atom. The van der Waals surface area contributed by atoms with E-state index in [-0.39, 0.29) is 11.6 Å². The van der Waals surface area contributed by atoms with Crippen LogP contribution < -0.4 is 5.32 Å². The Morgan fingerprint density at radius 3 is 2.68 bits per heavy atom. The normalized spacial score (nSPS) is 13.2. The molecule has 0 aromatic carbocycles. The number of hydrogen-bond acceptors (Lipinski definition) is 5. The molecule has 0 radical (unpaired) electrons. The molecule has 3 heterocycles. The van der Waals surface area contributed by atoms with E-state index < -0.39 is 11.6 Å². The number of aromatic nitrogens is 3. The first-order chi connectivity index (χ1) is 13.1. The number of carbonyl (C=O) groups excluding carboxylic acids is 2. The van der Waals surface area contributed by atoms with E-state index in [2.05, 4.69) is 20.3 Å². The van der Waals surface area contributed by atoms with Gasteiger partial charge in [-0.25, -0.2) is 4.98 Å². The molecular weight excluding hydrogens is 356 g/mol. The Hall–Kier alpha value is -3.19. The van der Waals surface area contributed by atoms with E-state index in [1.807, 2.05) is 26.8 Å². The maximum atomic E-state index is 12.4. The number of ketones is 2. The number of H-pyrrole nitrogens is 2. The number of nitrogens with zero attached hydrogens (tertiary/aromatic N) is 1. The zero-order valence-corrected chi connectivity index (χ0v) is 16.3. The van der Waals surface area contributed by atoms with Crippen molar-refractivity contribution in [1.82, 2.24) is 15.0 Å². The van der Waals surface area contributed by atoms with Crippen molar-refractivity contribution in [1.29, 1.82) is 0 Å². The number of Topliss-reactive ketones (excluding diaryl/α,β-unsaturated/α-hetero) is 1. The molecule has 28 heavy (non-hydrogen) atoms. The van der Waals surface area contributed by atoms with Crippen LogP contribution in [0.15, 0.2) is 36.7 Å². The number of anilines is 1. The maximum absolute atomic E-state index is 12.4. The summed E-state index contributed by atoms with van der Waals surface area (Å²) in [5, 5.41) is 14.2. The molecule has 1 atom stereocenters. The van der Waals surface area contributed by atoms with Gasteiger partial charge in [0.05, 0.1) is 23.3 Å². The van der Waals surface area contributed by atoms with Crippen molar-refractivity contribution in [3.63, 3.8) is 0 Å². The summed E-state index contributed by atoms with van der Waals surface area (Å²) in [5.74, 6) is -0.0332. The summed E-state index contributed by atoms with van der Waals surface area (Å²) in [6.45, 7) is 7.08. The number of aliphatic hydroxyl groups excluding tert-OH is 1. The van der Waals surface area contributed by atoms with Crippen molar-refractivity contribution in [2.45, 2.75) is 33.9 Å². The average molecular weight is 380 g/mol. The van der Waals surface area contributed by atoms with Gasteiger partial charge in [-0.3, -0.25) is 9.59 Å². The molecule has 0 aliphatic carbocycles. The van der Waals surface area contributed by atoms with Crippen molar-refractivity contribution >= 4 is 34.4 Å². The van der Waals surface area contributed by atoms with Crippen LogP contribution in [-0.4, -0.2) is 31.6 Å². The molecule has 0 saturated heterocycles. The lowest BCUT2D eigenvalue weighted by Gasteiger charge is -2.14. The molecule has 4 N–H and O–H groups in total. The molecule has 3 rings (SSSR count). The standard InChI is InChI=1S/C21H24N4O3/c1-12(26)5-6-13-7-17(22-10-13)20(28)24-15-8-14-9-16(18(27)21(2,3)4)25-19(14)23-11-15/h5-11,20,22,24,28H,1-4H3,(H,23,25)/b6-5+. The largest absolute Gasteiger partial charge is 0.368 e. The Kier molecular flexibility index (Phi) is 5.20. The van der Waals surface area contributed by atoms with E-state index in [9.17, 15) is 14.7 Å². The second-order valence-electron chi connectivity index (χ2n) is 7.80. The van der Waals surface area contributed by atoms with Crippen LogP contribution in [-0.2, 0) is 4.79 Å². The van der Waals surface area contributed by atoms with Crippen LogP contribution in [0, 0.1) is 5.41 Å². The van der Waals surface area contributed by atoms with Gasteiger partial charge >= 0.3 is 0 Å². The predicted octanol–water partition coefficient (Wildman–Crippen LogP) is 3.83. The Morgan fingerprint density at radius 2 is 2.00 bits per heavy atom. The highest BCUT2D eigenvalue weighted by Gasteiger charge is 2.24. The molecule has 0 aliphatic heterocycles. The third kappa shape index (κ3) is 4.37. The van der Waals surface area contributed by atoms with Gasteiger partial charge < -0.3 is 20.4 Å². The number of nitrogens with one attached hydrogen (secondary N) is 3. The minimum absolute atomic E-state index is 0.0116. The number of rotatable bonds is 6. The number of pyridine rings is 1. The predicted molar refractivity (Wildman–Crippen MR) is 109 cm³/mol. The van der Waals surface area contributed by atoms with E-state index in [4.69, 9.17) is 0 Å². The van der Waals surface area contributed by atoms with Gasteiger partial charge in [-0.05, 0) is 42.8 Å². The highest BCUT2D eigenvalue weighted by molar-refractivity contribution is 6.02. The van der Waals surface area contributed by atoms with Crippen LogP contribution in [0.4, 0.5) is 5.69 Å². The number of allylic oxidation sites excluding steroid dienone is 1. The quantitative estimate of drug-likeness (QED) is 0.295. The van der Waals surface area contributed by atoms with Crippen LogP contribution in [0.3, 0.4) is 0 Å². The number of aliphatic hydroxyl groups is 1. The smallest absolute Gasteiger partial charge is 0.184 e. The molecule has 7 heteroatoms. The van der Waals surface area contributed by atoms with E-state index in [0.29, 0.717) is 22.7 Å². The van der Waals surface area contributed by atoms with Crippen molar-refractivity contribution in [3.8, 4) is 0 Å².